The second-order valence-electron chi connectivity index (χ2n) is 28.7. The maximum Gasteiger partial charge on any atom is 0.0563 e. The number of aliphatic hydroxyl groups is 3. The van der Waals surface area contributed by atoms with Gasteiger partial charge in [0.2, 0.25) is 0 Å². The number of hydrogen-bond acceptors (Lipinski definition) is 3. The minimum absolute atomic E-state index is 0.0950. The molecule has 0 aromatic rings. The molecule has 2 rings (SSSR count). The zero-order chi connectivity index (χ0) is 61.0. The van der Waals surface area contributed by atoms with Crippen LogP contribution in [0.4, 0.5) is 0 Å². The average molecular weight is 1060 g/mol. The highest BCUT2D eigenvalue weighted by molar-refractivity contribution is 4.68. The molecular weight excluding hydrogens is 901 g/mol. The van der Waals surface area contributed by atoms with Crippen molar-refractivity contribution < 1.29 is 15.3 Å². The summed E-state index contributed by atoms with van der Waals surface area (Å²) >= 11 is 0. The topological polar surface area (TPSA) is 60.7 Å². The third-order valence-electron chi connectivity index (χ3n) is 15.3. The average Bonchev–Trinajstić information content (AvgIpc) is 3.71. The van der Waals surface area contributed by atoms with Crippen molar-refractivity contribution in [3.05, 3.63) is 0 Å². The van der Waals surface area contributed by atoms with Crippen molar-refractivity contribution in [3.63, 3.8) is 0 Å². The molecule has 2 aliphatic carbocycles. The molecule has 12 atom stereocenters. The van der Waals surface area contributed by atoms with Gasteiger partial charge in [-0.25, -0.2) is 0 Å². The van der Waals surface area contributed by atoms with Crippen LogP contribution >= 0.6 is 0 Å². The van der Waals surface area contributed by atoms with E-state index in [-0.39, 0.29) is 12.2 Å². The zero-order valence-corrected chi connectivity index (χ0v) is 59.3. The number of rotatable bonds is 15. The zero-order valence-electron chi connectivity index (χ0n) is 59.3. The smallest absolute Gasteiger partial charge is 0.0563 e. The van der Waals surface area contributed by atoms with Gasteiger partial charge >= 0.3 is 0 Å². The molecule has 0 saturated heterocycles. The first-order valence-corrected chi connectivity index (χ1v) is 32.6. The second kappa shape index (κ2) is 62.1. The highest BCUT2D eigenvalue weighted by Gasteiger charge is 2.16. The van der Waals surface area contributed by atoms with Crippen molar-refractivity contribution in [2.24, 2.45) is 93.7 Å². The van der Waals surface area contributed by atoms with E-state index in [1.54, 1.807) is 0 Å². The molecule has 0 aromatic carbocycles. The Morgan fingerprint density at radius 2 is 0.676 bits per heavy atom. The standard InChI is InChI=1S/C9H20O.C8H16.C8H18.C7H14.C7H16.C6H14O.C6H14.C5H12O.3C5H12/c1-5-9(10)8(4)6-7(2)3;1-7-4-3-5-8(2)6-7;1-5-7(3)8(4)6-2;1-6-3-4-7(2)5-6;1-5-7(4)6(2)3;1-4-5(2)6(3)7;1-5-6(2,3)4;1-3-5(2)4-6;1-5(2,3)4;2*1-4-5(2)3/h7-10H,5-6H2,1-4H3;7-8H,3-6H2,1-2H3;7-8H,5-6H2,1-4H3;6-7H,3-5H2,1-2H3;6-7H,5H2,1-4H3;5-7H,4H2,1-3H3;5H2,1-4H3;5-6H,3-4H2,1-2H3;1-4H3;2*5H,4H2,1-3H3. The quantitative estimate of drug-likeness (QED) is 0.153. The lowest BCUT2D eigenvalue weighted by Crippen LogP contribution is -2.17. The van der Waals surface area contributed by atoms with Crippen LogP contribution in [-0.2, 0) is 0 Å². The summed E-state index contributed by atoms with van der Waals surface area (Å²) in [5, 5.41) is 26.5. The van der Waals surface area contributed by atoms with E-state index in [1.807, 2.05) is 27.7 Å². The molecule has 2 fully saturated rings. The molecule has 0 bridgehead atoms. The molecule has 0 amide bonds. The van der Waals surface area contributed by atoms with Gasteiger partial charge in [0.25, 0.3) is 0 Å². The van der Waals surface area contributed by atoms with Crippen molar-refractivity contribution in [1.29, 1.82) is 0 Å². The minimum Gasteiger partial charge on any atom is -0.396 e. The summed E-state index contributed by atoms with van der Waals surface area (Å²) in [7, 11) is 0. The second-order valence-corrected chi connectivity index (χ2v) is 28.7. The number of hydrogen-bond donors (Lipinski definition) is 3. The molecule has 3 heteroatoms. The van der Waals surface area contributed by atoms with Crippen LogP contribution < -0.4 is 0 Å². The lowest BCUT2D eigenvalue weighted by Gasteiger charge is -2.22. The van der Waals surface area contributed by atoms with E-state index in [0.29, 0.717) is 41.1 Å². The highest BCUT2D eigenvalue weighted by atomic mass is 16.3. The van der Waals surface area contributed by atoms with Gasteiger partial charge in [0, 0.05) is 6.61 Å². The Morgan fingerprint density at radius 3 is 0.770 bits per heavy atom. The molecule has 0 aromatic heterocycles. The first kappa shape index (κ1) is 93.2. The van der Waals surface area contributed by atoms with E-state index in [1.165, 1.54) is 83.5 Å². The summed E-state index contributed by atoms with van der Waals surface area (Å²) in [5.41, 5.74) is 1.04. The SMILES string of the molecule is CC(C)(C)C.CC1CCC(C)C1.CC1CCCC(C)C1.CCC(C)(C)C.CCC(C)C.CCC(C)C.CCC(C)C(C)C.CCC(C)C(C)CC.CCC(C)C(C)O.CCC(C)CO.CCC(O)C(C)CC(C)C. The van der Waals surface area contributed by atoms with Gasteiger partial charge in [-0.1, -0.05) is 319 Å². The molecule has 3 nitrogen and oxygen atoms in total. The summed E-state index contributed by atoms with van der Waals surface area (Å²) in [5.74, 6) is 11.6. The van der Waals surface area contributed by atoms with Gasteiger partial charge in [0.15, 0.2) is 0 Å². The Kier molecular flexibility index (Phi) is 78.2. The van der Waals surface area contributed by atoms with Crippen molar-refractivity contribution >= 4 is 0 Å². The number of aliphatic hydroxyl groups excluding tert-OH is 3. The van der Waals surface area contributed by atoms with Gasteiger partial charge in [-0.15, -0.1) is 0 Å². The summed E-state index contributed by atoms with van der Waals surface area (Å²) in [6.45, 7) is 77.6. The van der Waals surface area contributed by atoms with Gasteiger partial charge in [0.05, 0.1) is 12.2 Å². The summed E-state index contributed by atoms with van der Waals surface area (Å²) in [6.07, 6.45) is 22.1. The van der Waals surface area contributed by atoms with E-state index < -0.39 is 0 Å². The Morgan fingerprint density at radius 1 is 0.392 bits per heavy atom. The predicted octanol–water partition coefficient (Wildman–Crippen LogP) is 24.5. The molecule has 3 N–H and O–H groups in total. The molecule has 462 valence electrons. The van der Waals surface area contributed by atoms with Crippen molar-refractivity contribution in [2.45, 2.75) is 364 Å². The largest absolute Gasteiger partial charge is 0.396 e. The molecule has 0 heterocycles. The van der Waals surface area contributed by atoms with Gasteiger partial charge in [-0.05, 0) is 126 Å². The molecule has 2 saturated carbocycles. The van der Waals surface area contributed by atoms with Crippen LogP contribution in [0.3, 0.4) is 0 Å². The van der Waals surface area contributed by atoms with Crippen LogP contribution in [0.2, 0.25) is 0 Å². The third kappa shape index (κ3) is 101. The molecule has 0 spiro atoms. The summed E-state index contributed by atoms with van der Waals surface area (Å²) < 4.78 is 0. The van der Waals surface area contributed by atoms with E-state index in [0.717, 1.165) is 84.9 Å². The van der Waals surface area contributed by atoms with Gasteiger partial charge < -0.3 is 15.3 Å². The third-order valence-corrected chi connectivity index (χ3v) is 15.3. The Bertz CT molecular complexity index is 914. The van der Waals surface area contributed by atoms with E-state index in [4.69, 9.17) is 10.2 Å². The van der Waals surface area contributed by atoms with Crippen LogP contribution in [0.5, 0.6) is 0 Å². The van der Waals surface area contributed by atoms with Crippen molar-refractivity contribution in [1.82, 2.24) is 0 Å². The van der Waals surface area contributed by atoms with Crippen molar-refractivity contribution in [2.75, 3.05) is 6.61 Å². The first-order valence-electron chi connectivity index (χ1n) is 32.6. The molecule has 0 radical (unpaired) electrons. The van der Waals surface area contributed by atoms with E-state index in [2.05, 4.69) is 215 Å². The van der Waals surface area contributed by atoms with Crippen LogP contribution in [0, 0.1) is 93.7 Å². The van der Waals surface area contributed by atoms with Crippen LogP contribution in [0.15, 0.2) is 0 Å². The molecule has 74 heavy (non-hydrogen) atoms. The molecule has 0 aliphatic heterocycles. The lowest BCUT2D eigenvalue weighted by atomic mass is 9.84. The molecular formula is C71H160O3. The Labute approximate surface area is 477 Å². The maximum absolute atomic E-state index is 9.38. The Hall–Kier alpha value is -0.120. The molecule has 12 unspecified atom stereocenters. The first-order chi connectivity index (χ1) is 33.6. The van der Waals surface area contributed by atoms with Gasteiger partial charge in [-0.3, -0.25) is 0 Å². The lowest BCUT2D eigenvalue weighted by molar-refractivity contribution is 0.101. The maximum atomic E-state index is 9.38. The monoisotopic (exact) mass is 1060 g/mol. The fourth-order valence-corrected chi connectivity index (χ4v) is 6.28. The van der Waals surface area contributed by atoms with Crippen molar-refractivity contribution in [3.8, 4) is 0 Å². The van der Waals surface area contributed by atoms with Crippen LogP contribution in [-0.4, -0.2) is 34.1 Å². The fourth-order valence-electron chi connectivity index (χ4n) is 6.28. The van der Waals surface area contributed by atoms with Gasteiger partial charge in [-0.2, -0.15) is 0 Å². The Balaban J connectivity index is -0.0000000903. The van der Waals surface area contributed by atoms with E-state index >= 15 is 0 Å². The summed E-state index contributed by atoms with van der Waals surface area (Å²) in [4.78, 5) is 0. The fraction of sp³-hybridized carbons (Fsp3) is 1.00. The molecule has 2 aliphatic rings. The normalized spacial score (nSPS) is 20.0. The van der Waals surface area contributed by atoms with Crippen LogP contribution in [0.25, 0.3) is 0 Å². The van der Waals surface area contributed by atoms with Crippen LogP contribution in [0.1, 0.15) is 351 Å². The predicted molar refractivity (Wildman–Crippen MR) is 350 cm³/mol. The summed E-state index contributed by atoms with van der Waals surface area (Å²) in [6, 6.07) is 0. The highest BCUT2D eigenvalue weighted by Crippen LogP contribution is 2.29. The van der Waals surface area contributed by atoms with E-state index in [9.17, 15) is 5.11 Å². The minimum atomic E-state index is -0.134. The van der Waals surface area contributed by atoms with Gasteiger partial charge in [0.1, 0.15) is 0 Å².